The maximum atomic E-state index is 9.00. The standard InChI is InChI=1S/C12H22N6.2ClHO4.Cu/c13-11-17-7-1-3-15-5-6-16-4-2-8-18(12-14)10-9-17;2*2-1(3,4)5;/h15-16H,1-10H2;2*(H,2,3,4,5);. The minimum Gasteiger partial charge on any atom is -0.315 e. The van der Waals surface area contributed by atoms with Crippen molar-refractivity contribution < 1.29 is 74.8 Å². The molecule has 0 spiro atoms. The molecule has 29 heavy (non-hydrogen) atoms. The molecule has 1 saturated heterocycles. The molecule has 0 bridgehead atoms. The van der Waals surface area contributed by atoms with Crippen molar-refractivity contribution in [3.63, 3.8) is 0 Å². The van der Waals surface area contributed by atoms with Gasteiger partial charge in [0.25, 0.3) is 0 Å². The van der Waals surface area contributed by atoms with Crippen LogP contribution in [0.1, 0.15) is 12.8 Å². The summed E-state index contributed by atoms with van der Waals surface area (Å²) in [5.41, 5.74) is 0. The van der Waals surface area contributed by atoms with Crippen LogP contribution in [0.25, 0.3) is 0 Å². The number of nitrogens with zero attached hydrogens (tertiary/aromatic N) is 4. The summed E-state index contributed by atoms with van der Waals surface area (Å²) < 4.78 is 65.4. The van der Waals surface area contributed by atoms with Crippen LogP contribution in [0.2, 0.25) is 0 Å². The van der Waals surface area contributed by atoms with Gasteiger partial charge in [-0.25, -0.2) is 0 Å². The summed E-state index contributed by atoms with van der Waals surface area (Å²) >= 11 is 0. The molecular formula is C12H24Cl2CuN6O8. The molecule has 1 rings (SSSR count). The molecule has 0 aromatic heterocycles. The third-order valence-corrected chi connectivity index (χ3v) is 2.96. The van der Waals surface area contributed by atoms with E-state index in [0.29, 0.717) is 13.1 Å². The first-order valence-corrected chi connectivity index (χ1v) is 10.4. The van der Waals surface area contributed by atoms with Crippen LogP contribution < -0.4 is 38.6 Å². The quantitative estimate of drug-likeness (QED) is 0.173. The Bertz CT molecular complexity index is 417. The number of hydrogen-bond donors (Lipinski definition) is 4. The number of nitrogens with one attached hydrogen (secondary N) is 2. The van der Waals surface area contributed by atoms with E-state index in [1.807, 2.05) is 0 Å². The molecule has 4 N–H and O–H groups in total. The smallest absolute Gasteiger partial charge is 0.179 e. The van der Waals surface area contributed by atoms with E-state index in [9.17, 15) is 0 Å². The summed E-state index contributed by atoms with van der Waals surface area (Å²) in [5.74, 6) is 0. The van der Waals surface area contributed by atoms with Gasteiger partial charge in [-0.2, -0.15) is 38.5 Å². The molecule has 0 amide bonds. The zero-order valence-corrected chi connectivity index (χ0v) is 17.7. The SMILES string of the molecule is N#CN1CCCNCCNCCCN(C#N)CC1.[Cu].[O-][Cl+3]([O-])([O-])O.[O-][Cl+3]([O-])([O-])O. The molecule has 14 nitrogen and oxygen atoms in total. The largest absolute Gasteiger partial charge is 0.315 e. The summed E-state index contributed by atoms with van der Waals surface area (Å²) in [6.45, 7) is 6.56. The molecule has 0 unspecified atom stereocenters. The fourth-order valence-corrected chi connectivity index (χ4v) is 1.88. The van der Waals surface area contributed by atoms with Gasteiger partial charge in [-0.15, -0.1) is 0 Å². The van der Waals surface area contributed by atoms with Gasteiger partial charge in [0.05, 0.1) is 29.8 Å². The Balaban J connectivity index is -0.000000512. The maximum absolute atomic E-state index is 9.00. The van der Waals surface area contributed by atoms with Crippen molar-refractivity contribution in [1.29, 1.82) is 10.5 Å². The Kier molecular flexibility index (Phi) is 21.9. The first-order valence-electron chi connectivity index (χ1n) is 7.84. The van der Waals surface area contributed by atoms with Gasteiger partial charge in [0.2, 0.25) is 0 Å². The van der Waals surface area contributed by atoms with Gasteiger partial charge in [-0.1, -0.05) is 0 Å². The first kappa shape index (κ1) is 32.9. The van der Waals surface area contributed by atoms with Crippen molar-refractivity contribution in [3.8, 4) is 12.4 Å². The molecule has 0 saturated carbocycles. The normalized spacial score (nSPS) is 16.9. The zero-order valence-electron chi connectivity index (χ0n) is 15.3. The van der Waals surface area contributed by atoms with Crippen LogP contribution in [0.3, 0.4) is 0 Å². The van der Waals surface area contributed by atoms with Crippen molar-refractivity contribution in [2.24, 2.45) is 0 Å². The molecule has 1 radical (unpaired) electrons. The molecule has 1 aliphatic rings. The van der Waals surface area contributed by atoms with E-state index in [1.165, 1.54) is 0 Å². The van der Waals surface area contributed by atoms with E-state index in [0.717, 1.165) is 52.1 Å². The predicted molar refractivity (Wildman–Crippen MR) is 73.8 cm³/mol. The summed E-state index contributed by atoms with van der Waals surface area (Å²) in [6.07, 6.45) is 6.29. The average molecular weight is 515 g/mol. The number of nitriles is 2. The molecule has 1 fully saturated rings. The van der Waals surface area contributed by atoms with Crippen molar-refractivity contribution in [2.75, 3.05) is 52.4 Å². The molecule has 175 valence electrons. The Morgan fingerprint density at radius 1 is 0.655 bits per heavy atom. The first-order chi connectivity index (χ1) is 12.9. The van der Waals surface area contributed by atoms with Crippen LogP contribution in [0.15, 0.2) is 0 Å². The molecule has 0 aliphatic carbocycles. The molecule has 0 aromatic rings. The monoisotopic (exact) mass is 513 g/mol. The Labute approximate surface area is 183 Å². The third kappa shape index (κ3) is 38.5. The number of hydrogen-bond acceptors (Lipinski definition) is 14. The second-order valence-electron chi connectivity index (χ2n) is 5.17. The minimum atomic E-state index is -4.69. The van der Waals surface area contributed by atoms with E-state index in [2.05, 4.69) is 23.0 Å². The van der Waals surface area contributed by atoms with Crippen LogP contribution in [-0.4, -0.2) is 71.5 Å². The Morgan fingerprint density at radius 2 is 0.931 bits per heavy atom. The molecule has 0 aromatic carbocycles. The van der Waals surface area contributed by atoms with Gasteiger partial charge in [-0.3, -0.25) is 0 Å². The van der Waals surface area contributed by atoms with Crippen molar-refractivity contribution in [3.05, 3.63) is 0 Å². The van der Waals surface area contributed by atoms with Gasteiger partial charge in [-0.05, 0) is 25.9 Å². The van der Waals surface area contributed by atoms with Crippen LogP contribution in [0.4, 0.5) is 0 Å². The second kappa shape index (κ2) is 19.3. The molecule has 1 aliphatic heterocycles. The molecule has 17 heteroatoms. The summed E-state index contributed by atoms with van der Waals surface area (Å²) in [5, 5.41) is 24.7. The average Bonchev–Trinajstić information content (AvgIpc) is 2.53. The van der Waals surface area contributed by atoms with Gasteiger partial charge in [0.1, 0.15) is 0 Å². The topological polar surface area (TPSA) is 257 Å². The van der Waals surface area contributed by atoms with Gasteiger partial charge in [0.15, 0.2) is 12.4 Å². The van der Waals surface area contributed by atoms with E-state index in [-0.39, 0.29) is 17.1 Å². The molecule has 1 heterocycles. The van der Waals surface area contributed by atoms with Crippen molar-refractivity contribution >= 4 is 0 Å². The summed E-state index contributed by atoms with van der Waals surface area (Å²) in [6, 6.07) is 0. The summed E-state index contributed by atoms with van der Waals surface area (Å²) in [7, 11) is -9.39. The second-order valence-corrected chi connectivity index (χ2v) is 6.76. The van der Waals surface area contributed by atoms with Crippen LogP contribution in [-0.2, 0) is 17.1 Å². The fourth-order valence-electron chi connectivity index (χ4n) is 1.88. The molecular weight excluding hydrogens is 491 g/mol. The number of rotatable bonds is 0. The maximum Gasteiger partial charge on any atom is 0.179 e. The Morgan fingerprint density at radius 3 is 1.17 bits per heavy atom. The van der Waals surface area contributed by atoms with Crippen LogP contribution in [0, 0.1) is 43.4 Å². The fraction of sp³-hybridized carbons (Fsp3) is 0.833. The van der Waals surface area contributed by atoms with Crippen LogP contribution >= 0.6 is 0 Å². The van der Waals surface area contributed by atoms with E-state index in [4.69, 9.17) is 47.8 Å². The zero-order chi connectivity index (χ0) is 22.1. The Hall–Kier alpha value is -0.721. The van der Waals surface area contributed by atoms with E-state index < -0.39 is 20.5 Å². The van der Waals surface area contributed by atoms with E-state index >= 15 is 0 Å². The van der Waals surface area contributed by atoms with Gasteiger partial charge >= 0.3 is 0 Å². The predicted octanol–water partition coefficient (Wildman–Crippen LogP) is -8.72. The molecule has 0 atom stereocenters. The van der Waals surface area contributed by atoms with Gasteiger partial charge in [0, 0.05) is 56.3 Å². The third-order valence-electron chi connectivity index (χ3n) is 2.96. The van der Waals surface area contributed by atoms with E-state index in [1.54, 1.807) is 9.80 Å². The van der Waals surface area contributed by atoms with Crippen molar-refractivity contribution in [1.82, 2.24) is 20.4 Å². The minimum absolute atomic E-state index is 0. The summed E-state index contributed by atoms with van der Waals surface area (Å²) in [4.78, 5) is 3.46. The van der Waals surface area contributed by atoms with Gasteiger partial charge < -0.3 is 20.4 Å². The van der Waals surface area contributed by atoms with Crippen molar-refractivity contribution in [2.45, 2.75) is 12.8 Å². The van der Waals surface area contributed by atoms with Crippen LogP contribution in [0.5, 0.6) is 0 Å². The number of halogens is 2.